The van der Waals surface area contributed by atoms with Crippen molar-refractivity contribution in [1.29, 1.82) is 0 Å². The molecule has 8 heteroatoms. The number of hydrogen-bond donors (Lipinski definition) is 0. The molecule has 0 aromatic carbocycles. The van der Waals surface area contributed by atoms with E-state index in [1.54, 1.807) is 28.0 Å². The third-order valence-electron chi connectivity index (χ3n) is 3.75. The second kappa shape index (κ2) is 6.78. The van der Waals surface area contributed by atoms with E-state index in [4.69, 9.17) is 21.1 Å². The van der Waals surface area contributed by atoms with Crippen LogP contribution in [0.3, 0.4) is 0 Å². The molecule has 0 spiro atoms. The molecule has 2 heterocycles. The Morgan fingerprint density at radius 3 is 2.43 bits per heavy atom. The molecule has 1 fully saturated rings. The lowest BCUT2D eigenvalue weighted by atomic mass is 9.87. The molecule has 1 aliphatic heterocycles. The van der Waals surface area contributed by atoms with Gasteiger partial charge in [-0.05, 0) is 26.8 Å². The van der Waals surface area contributed by atoms with Gasteiger partial charge in [-0.1, -0.05) is 11.6 Å². The van der Waals surface area contributed by atoms with Crippen LogP contribution in [-0.4, -0.2) is 51.5 Å². The third kappa shape index (κ3) is 3.96. The van der Waals surface area contributed by atoms with Crippen molar-refractivity contribution in [3.63, 3.8) is 0 Å². The SMILES string of the molecule is CC(C)(C)OC(=O)N1CCC(C(=O)OCCl)(n2cccn2)CC1. The van der Waals surface area contributed by atoms with E-state index < -0.39 is 17.1 Å². The second-order valence-corrected chi connectivity index (χ2v) is 6.71. The molecule has 1 amide bonds. The number of alkyl halides is 1. The van der Waals surface area contributed by atoms with Gasteiger partial charge in [0.25, 0.3) is 0 Å². The van der Waals surface area contributed by atoms with Crippen molar-refractivity contribution < 1.29 is 19.1 Å². The normalized spacial score (nSPS) is 17.7. The van der Waals surface area contributed by atoms with Crippen molar-refractivity contribution in [2.24, 2.45) is 0 Å². The number of amides is 1. The van der Waals surface area contributed by atoms with Crippen LogP contribution in [0.15, 0.2) is 18.5 Å². The first-order valence-electron chi connectivity index (χ1n) is 7.50. The Hall–Kier alpha value is -1.76. The Labute approximate surface area is 140 Å². The molecule has 2 rings (SSSR count). The van der Waals surface area contributed by atoms with Gasteiger partial charge in [0.2, 0.25) is 0 Å². The minimum Gasteiger partial charge on any atom is -0.448 e. The number of ether oxygens (including phenoxy) is 2. The van der Waals surface area contributed by atoms with E-state index in [2.05, 4.69) is 5.10 Å². The van der Waals surface area contributed by atoms with Crippen LogP contribution in [-0.2, 0) is 19.8 Å². The number of rotatable bonds is 3. The number of nitrogens with zero attached hydrogens (tertiary/aromatic N) is 3. The summed E-state index contributed by atoms with van der Waals surface area (Å²) in [6.45, 7) is 6.22. The van der Waals surface area contributed by atoms with Gasteiger partial charge in [-0.2, -0.15) is 5.10 Å². The van der Waals surface area contributed by atoms with Crippen molar-refractivity contribution in [3.8, 4) is 0 Å². The van der Waals surface area contributed by atoms with Crippen LogP contribution in [0.25, 0.3) is 0 Å². The molecule has 1 aromatic rings. The Morgan fingerprint density at radius 1 is 1.30 bits per heavy atom. The van der Waals surface area contributed by atoms with E-state index in [0.717, 1.165) is 0 Å². The molecular weight excluding hydrogens is 322 g/mol. The maximum atomic E-state index is 12.4. The molecule has 1 aliphatic rings. The molecule has 0 atom stereocenters. The summed E-state index contributed by atoms with van der Waals surface area (Å²) >= 11 is 5.53. The van der Waals surface area contributed by atoms with Gasteiger partial charge in [-0.15, -0.1) is 0 Å². The van der Waals surface area contributed by atoms with Crippen LogP contribution in [0.5, 0.6) is 0 Å². The van der Waals surface area contributed by atoms with E-state index in [0.29, 0.717) is 25.9 Å². The number of halogens is 1. The van der Waals surface area contributed by atoms with Crippen LogP contribution in [0, 0.1) is 0 Å². The van der Waals surface area contributed by atoms with Crippen molar-refractivity contribution in [2.45, 2.75) is 44.8 Å². The molecule has 0 bridgehead atoms. The van der Waals surface area contributed by atoms with Gasteiger partial charge in [-0.3, -0.25) is 4.68 Å². The number of aromatic nitrogens is 2. The average Bonchev–Trinajstić information content (AvgIpc) is 3.00. The highest BCUT2D eigenvalue weighted by molar-refractivity contribution is 6.17. The van der Waals surface area contributed by atoms with Crippen molar-refractivity contribution in [2.75, 3.05) is 19.2 Å². The zero-order valence-electron chi connectivity index (χ0n) is 13.6. The van der Waals surface area contributed by atoms with Crippen molar-refractivity contribution in [1.82, 2.24) is 14.7 Å². The van der Waals surface area contributed by atoms with Gasteiger partial charge < -0.3 is 14.4 Å². The van der Waals surface area contributed by atoms with Gasteiger partial charge >= 0.3 is 12.1 Å². The lowest BCUT2D eigenvalue weighted by Crippen LogP contribution is -2.53. The average molecular weight is 344 g/mol. The van der Waals surface area contributed by atoms with Gasteiger partial charge in [0, 0.05) is 38.3 Å². The molecule has 0 radical (unpaired) electrons. The summed E-state index contributed by atoms with van der Waals surface area (Å²) in [5.74, 6) is -0.431. The molecule has 0 unspecified atom stereocenters. The largest absolute Gasteiger partial charge is 0.448 e. The minimum atomic E-state index is -0.934. The number of hydrogen-bond acceptors (Lipinski definition) is 5. The molecule has 7 nitrogen and oxygen atoms in total. The summed E-state index contributed by atoms with van der Waals surface area (Å²) in [6.07, 6.45) is 3.74. The quantitative estimate of drug-likeness (QED) is 0.622. The molecule has 0 N–H and O–H groups in total. The number of carbonyl (C=O) groups excluding carboxylic acids is 2. The predicted molar refractivity (Wildman–Crippen MR) is 84.1 cm³/mol. The van der Waals surface area contributed by atoms with E-state index in [1.807, 2.05) is 20.8 Å². The Morgan fingerprint density at radius 2 is 1.96 bits per heavy atom. The molecule has 1 aromatic heterocycles. The highest BCUT2D eigenvalue weighted by atomic mass is 35.5. The fourth-order valence-electron chi connectivity index (χ4n) is 2.62. The first-order valence-corrected chi connectivity index (χ1v) is 8.03. The standard InChI is InChI=1S/C15H22ClN3O4/c1-14(2,3)23-13(21)18-9-5-15(6-10-18,12(20)22-11-16)19-8-4-7-17-19/h4,7-8H,5-6,9-11H2,1-3H3. The molecule has 0 saturated carbocycles. The number of likely N-dealkylation sites (tertiary alicyclic amines) is 1. The van der Waals surface area contributed by atoms with Crippen molar-refractivity contribution in [3.05, 3.63) is 18.5 Å². The molecule has 128 valence electrons. The van der Waals surface area contributed by atoms with Gasteiger partial charge in [-0.25, -0.2) is 9.59 Å². The van der Waals surface area contributed by atoms with E-state index in [-0.39, 0.29) is 12.2 Å². The smallest absolute Gasteiger partial charge is 0.410 e. The summed E-state index contributed by atoms with van der Waals surface area (Å²) in [4.78, 5) is 26.2. The number of esters is 1. The summed E-state index contributed by atoms with van der Waals surface area (Å²) in [5, 5.41) is 4.18. The van der Waals surface area contributed by atoms with Crippen LogP contribution >= 0.6 is 11.6 Å². The number of carbonyl (C=O) groups is 2. The fourth-order valence-corrected chi connectivity index (χ4v) is 2.72. The molecule has 23 heavy (non-hydrogen) atoms. The summed E-state index contributed by atoms with van der Waals surface area (Å²) in [6, 6.07) is 1.54. The van der Waals surface area contributed by atoms with Crippen LogP contribution in [0.4, 0.5) is 4.79 Å². The van der Waals surface area contributed by atoms with Crippen molar-refractivity contribution >= 4 is 23.7 Å². The van der Waals surface area contributed by atoms with E-state index in [1.165, 1.54) is 0 Å². The fraction of sp³-hybridized carbons (Fsp3) is 0.667. The van der Waals surface area contributed by atoms with Crippen LogP contribution < -0.4 is 0 Å². The maximum Gasteiger partial charge on any atom is 0.410 e. The second-order valence-electron chi connectivity index (χ2n) is 6.49. The lowest BCUT2D eigenvalue weighted by Gasteiger charge is -2.40. The lowest BCUT2D eigenvalue weighted by molar-refractivity contribution is -0.156. The topological polar surface area (TPSA) is 73.7 Å². The van der Waals surface area contributed by atoms with Crippen LogP contribution in [0.1, 0.15) is 33.6 Å². The first-order chi connectivity index (χ1) is 10.8. The zero-order valence-corrected chi connectivity index (χ0v) is 14.4. The van der Waals surface area contributed by atoms with E-state index in [9.17, 15) is 9.59 Å². The summed E-state index contributed by atoms with van der Waals surface area (Å²) in [5.41, 5.74) is -1.48. The highest BCUT2D eigenvalue weighted by Gasteiger charge is 2.46. The molecular formula is C15H22ClN3O4. The summed E-state index contributed by atoms with van der Waals surface area (Å²) < 4.78 is 12.0. The Kier molecular flexibility index (Phi) is 5.19. The van der Waals surface area contributed by atoms with E-state index >= 15 is 0 Å². The number of piperidine rings is 1. The zero-order chi connectivity index (χ0) is 17.1. The van der Waals surface area contributed by atoms with Gasteiger partial charge in [0.05, 0.1) is 0 Å². The van der Waals surface area contributed by atoms with Gasteiger partial charge in [0.15, 0.2) is 11.6 Å². The Bertz CT molecular complexity index is 546. The maximum absolute atomic E-state index is 12.4. The Balaban J connectivity index is 2.11. The minimum absolute atomic E-state index is 0.211. The first kappa shape index (κ1) is 17.6. The molecule has 1 saturated heterocycles. The monoisotopic (exact) mass is 343 g/mol. The molecule has 0 aliphatic carbocycles. The summed E-state index contributed by atoms with van der Waals surface area (Å²) in [7, 11) is 0. The highest BCUT2D eigenvalue weighted by Crippen LogP contribution is 2.32. The third-order valence-corrected chi connectivity index (χ3v) is 3.86. The van der Waals surface area contributed by atoms with Crippen LogP contribution in [0.2, 0.25) is 0 Å². The van der Waals surface area contributed by atoms with Gasteiger partial charge in [0.1, 0.15) is 5.60 Å². The predicted octanol–water partition coefficient (Wildman–Crippen LogP) is 2.35.